The van der Waals surface area contributed by atoms with Gasteiger partial charge in [-0.05, 0) is 135 Å². The third kappa shape index (κ3) is 6.02. The molecule has 12 aromatic carbocycles. The molecule has 0 spiro atoms. The van der Waals surface area contributed by atoms with Crippen LogP contribution in [0.2, 0.25) is 0 Å². The molecule has 0 radical (unpaired) electrons. The van der Waals surface area contributed by atoms with E-state index >= 15 is 0 Å². The van der Waals surface area contributed by atoms with Crippen LogP contribution in [0.1, 0.15) is 0 Å². The maximum absolute atomic E-state index is 2.42. The zero-order chi connectivity index (χ0) is 40.3. The highest BCUT2D eigenvalue weighted by molar-refractivity contribution is 6.27. The first kappa shape index (κ1) is 35.0. The van der Waals surface area contributed by atoms with Crippen LogP contribution in [0.25, 0.3) is 98.0 Å². The van der Waals surface area contributed by atoms with Crippen molar-refractivity contribution < 1.29 is 0 Å². The molecular weight excluding hydrogens is 735 g/mol. The molecule has 12 aromatic rings. The van der Waals surface area contributed by atoms with E-state index in [1.54, 1.807) is 0 Å². The summed E-state index contributed by atoms with van der Waals surface area (Å²) in [4.78, 5) is 2.42. The lowest BCUT2D eigenvalue weighted by Gasteiger charge is -2.27. The van der Waals surface area contributed by atoms with Gasteiger partial charge in [0.25, 0.3) is 0 Å². The van der Waals surface area contributed by atoms with E-state index in [-0.39, 0.29) is 0 Å². The summed E-state index contributed by atoms with van der Waals surface area (Å²) in [5, 5.41) is 15.1. The van der Waals surface area contributed by atoms with E-state index in [1.165, 1.54) is 98.0 Å². The van der Waals surface area contributed by atoms with Crippen LogP contribution in [0.3, 0.4) is 0 Å². The molecule has 284 valence electrons. The summed E-state index contributed by atoms with van der Waals surface area (Å²) in [6, 6.07) is 86.9. The number of hydrogen-bond acceptors (Lipinski definition) is 1. The van der Waals surface area contributed by atoms with Gasteiger partial charge in [0.1, 0.15) is 0 Å². The molecule has 0 saturated heterocycles. The van der Waals surface area contributed by atoms with Crippen molar-refractivity contribution in [3.63, 3.8) is 0 Å². The minimum absolute atomic E-state index is 1.10. The van der Waals surface area contributed by atoms with Crippen molar-refractivity contribution in [1.29, 1.82) is 0 Å². The van der Waals surface area contributed by atoms with Crippen LogP contribution in [-0.4, -0.2) is 0 Å². The average Bonchev–Trinajstić information content (AvgIpc) is 3.34. The van der Waals surface area contributed by atoms with Crippen LogP contribution in [0.5, 0.6) is 0 Å². The van der Waals surface area contributed by atoms with Gasteiger partial charge in [0.15, 0.2) is 0 Å². The van der Waals surface area contributed by atoms with Gasteiger partial charge < -0.3 is 4.90 Å². The summed E-state index contributed by atoms with van der Waals surface area (Å²) in [7, 11) is 0. The molecule has 0 fully saturated rings. The van der Waals surface area contributed by atoms with Gasteiger partial charge in [-0.15, -0.1) is 0 Å². The Kier molecular flexibility index (Phi) is 8.25. The third-order valence-corrected chi connectivity index (χ3v) is 12.6. The largest absolute Gasteiger partial charge is 0.310 e. The zero-order valence-corrected chi connectivity index (χ0v) is 33.5. The maximum atomic E-state index is 2.42. The summed E-state index contributed by atoms with van der Waals surface area (Å²) in [5.74, 6) is 0. The second-order valence-corrected chi connectivity index (χ2v) is 16.1. The van der Waals surface area contributed by atoms with E-state index < -0.39 is 0 Å². The van der Waals surface area contributed by atoms with E-state index in [0.29, 0.717) is 0 Å². The van der Waals surface area contributed by atoms with Crippen molar-refractivity contribution in [1.82, 2.24) is 0 Å². The highest BCUT2D eigenvalue weighted by atomic mass is 15.1. The summed E-state index contributed by atoms with van der Waals surface area (Å²) < 4.78 is 0. The second-order valence-electron chi connectivity index (χ2n) is 16.1. The van der Waals surface area contributed by atoms with E-state index in [0.717, 1.165) is 17.1 Å². The van der Waals surface area contributed by atoms with Gasteiger partial charge in [-0.2, -0.15) is 0 Å². The van der Waals surface area contributed by atoms with Crippen LogP contribution >= 0.6 is 0 Å². The SMILES string of the molecule is c1ccc(-c2ccc(N(c3ccc(-c4cccc5ccccc45)cc3)c3cccc4ccc(-c5ccc6ccc7ccc8ccc9ccccc9c8c7c6c5)cc34)cc2)cc1. The van der Waals surface area contributed by atoms with Crippen molar-refractivity contribution in [3.8, 4) is 33.4 Å². The topological polar surface area (TPSA) is 3.24 Å². The van der Waals surface area contributed by atoms with Gasteiger partial charge in [-0.3, -0.25) is 0 Å². The first-order valence-electron chi connectivity index (χ1n) is 21.1. The molecular formula is C60H39N. The highest BCUT2D eigenvalue weighted by Crippen LogP contribution is 2.43. The van der Waals surface area contributed by atoms with Gasteiger partial charge in [0.2, 0.25) is 0 Å². The summed E-state index contributed by atoms with van der Waals surface area (Å²) >= 11 is 0. The summed E-state index contributed by atoms with van der Waals surface area (Å²) in [5.41, 5.74) is 10.6. The number of benzene rings is 12. The van der Waals surface area contributed by atoms with Crippen molar-refractivity contribution in [2.75, 3.05) is 4.90 Å². The van der Waals surface area contributed by atoms with Crippen molar-refractivity contribution in [2.45, 2.75) is 0 Å². The lowest BCUT2D eigenvalue weighted by atomic mass is 9.91. The zero-order valence-electron chi connectivity index (χ0n) is 33.5. The van der Waals surface area contributed by atoms with Crippen LogP contribution in [0.15, 0.2) is 237 Å². The lowest BCUT2D eigenvalue weighted by molar-refractivity contribution is 1.30. The Balaban J connectivity index is 1.02. The number of anilines is 3. The molecule has 1 nitrogen and oxygen atoms in total. The van der Waals surface area contributed by atoms with E-state index in [2.05, 4.69) is 241 Å². The molecule has 0 aliphatic heterocycles. The van der Waals surface area contributed by atoms with Crippen LogP contribution in [-0.2, 0) is 0 Å². The van der Waals surface area contributed by atoms with Crippen LogP contribution in [0.4, 0.5) is 17.1 Å². The fourth-order valence-electron chi connectivity index (χ4n) is 9.58. The second kappa shape index (κ2) is 14.4. The molecule has 12 rings (SSSR count). The van der Waals surface area contributed by atoms with Gasteiger partial charge in [-0.25, -0.2) is 0 Å². The van der Waals surface area contributed by atoms with E-state index in [9.17, 15) is 0 Å². The molecule has 0 N–H and O–H groups in total. The fraction of sp³-hybridized carbons (Fsp3) is 0. The molecule has 0 atom stereocenters. The standard InChI is InChI=1S/C60H39N/c1-2-10-40(11-3-1)41-30-34-51(35-31-41)61(52-36-32-45(33-37-52)54-18-8-14-42-12-4-6-16-53(42)54)58-19-9-15-44-22-28-49(38-56(44)58)50-29-23-46-21-25-48-27-26-47-24-20-43-13-5-7-17-55(43)59(47)60(48)57(46)39-50/h1-39H. The quantitative estimate of drug-likeness (QED) is 0.152. The van der Waals surface area contributed by atoms with E-state index in [4.69, 9.17) is 0 Å². The van der Waals surface area contributed by atoms with Crippen LogP contribution in [0, 0.1) is 0 Å². The smallest absolute Gasteiger partial charge is 0.0540 e. The molecule has 61 heavy (non-hydrogen) atoms. The molecule has 1 heteroatoms. The lowest BCUT2D eigenvalue weighted by Crippen LogP contribution is -2.10. The number of nitrogens with zero attached hydrogens (tertiary/aromatic N) is 1. The number of rotatable bonds is 6. The number of fused-ring (bicyclic) bond motifs is 9. The minimum Gasteiger partial charge on any atom is -0.310 e. The molecule has 0 aromatic heterocycles. The summed E-state index contributed by atoms with van der Waals surface area (Å²) in [6.07, 6.45) is 0. The first-order valence-corrected chi connectivity index (χ1v) is 21.1. The molecule has 0 aliphatic rings. The predicted molar refractivity (Wildman–Crippen MR) is 262 cm³/mol. The highest BCUT2D eigenvalue weighted by Gasteiger charge is 2.18. The molecule has 0 bridgehead atoms. The molecule has 0 unspecified atom stereocenters. The Hall–Kier alpha value is -8.00. The average molecular weight is 774 g/mol. The fourth-order valence-corrected chi connectivity index (χ4v) is 9.58. The van der Waals surface area contributed by atoms with Gasteiger partial charge in [-0.1, -0.05) is 194 Å². The number of hydrogen-bond donors (Lipinski definition) is 0. The van der Waals surface area contributed by atoms with Crippen molar-refractivity contribution in [3.05, 3.63) is 237 Å². The van der Waals surface area contributed by atoms with Gasteiger partial charge >= 0.3 is 0 Å². The monoisotopic (exact) mass is 773 g/mol. The van der Waals surface area contributed by atoms with E-state index in [1.807, 2.05) is 0 Å². The van der Waals surface area contributed by atoms with Crippen molar-refractivity contribution in [2.24, 2.45) is 0 Å². The third-order valence-electron chi connectivity index (χ3n) is 12.6. The van der Waals surface area contributed by atoms with Crippen LogP contribution < -0.4 is 4.90 Å². The molecule has 0 aliphatic carbocycles. The Bertz CT molecular complexity index is 3610. The Morgan fingerprint density at radius 3 is 1.33 bits per heavy atom. The Morgan fingerprint density at radius 1 is 0.230 bits per heavy atom. The van der Waals surface area contributed by atoms with Crippen molar-refractivity contribution >= 4 is 81.7 Å². The van der Waals surface area contributed by atoms with Gasteiger partial charge in [0, 0.05) is 16.8 Å². The molecule has 0 heterocycles. The first-order chi connectivity index (χ1) is 30.2. The normalized spacial score (nSPS) is 11.6. The predicted octanol–water partition coefficient (Wildman–Crippen LogP) is 17.1. The molecule has 0 amide bonds. The molecule has 0 saturated carbocycles. The van der Waals surface area contributed by atoms with Gasteiger partial charge in [0.05, 0.1) is 5.69 Å². The minimum atomic E-state index is 1.10. The summed E-state index contributed by atoms with van der Waals surface area (Å²) in [6.45, 7) is 0. The Labute approximate surface area is 355 Å². The maximum Gasteiger partial charge on any atom is 0.0540 e. The Morgan fingerprint density at radius 2 is 0.656 bits per heavy atom.